The molecule has 27 heavy (non-hydrogen) atoms. The maximum Gasteiger partial charge on any atom is 0.293 e. The Kier molecular flexibility index (Phi) is 4.18. The van der Waals surface area contributed by atoms with E-state index in [0.717, 1.165) is 11.1 Å². The molecule has 0 aliphatic heterocycles. The summed E-state index contributed by atoms with van der Waals surface area (Å²) in [6.45, 7) is 0.306. The van der Waals surface area contributed by atoms with Crippen LogP contribution in [0.3, 0.4) is 0 Å². The third kappa shape index (κ3) is 3.18. The van der Waals surface area contributed by atoms with Gasteiger partial charge in [-0.25, -0.2) is 4.68 Å². The van der Waals surface area contributed by atoms with Gasteiger partial charge in [-0.1, -0.05) is 12.1 Å². The molecule has 0 bridgehead atoms. The number of aromatic nitrogens is 4. The SMILES string of the molecule is NC(=O)c1ccc(-c2nn(Cc3ccncc3)c(=O)c3ncccc23)cc1. The number of hydrogen-bond donors (Lipinski definition) is 1. The Bertz CT molecular complexity index is 1180. The zero-order valence-electron chi connectivity index (χ0n) is 14.2. The van der Waals surface area contributed by atoms with Crippen molar-refractivity contribution in [1.29, 1.82) is 0 Å². The first-order valence-electron chi connectivity index (χ1n) is 8.28. The molecule has 0 aliphatic rings. The molecule has 3 aromatic heterocycles. The van der Waals surface area contributed by atoms with Crippen LogP contribution in [0.1, 0.15) is 15.9 Å². The van der Waals surface area contributed by atoms with Gasteiger partial charge in [-0.05, 0) is 42.0 Å². The van der Waals surface area contributed by atoms with Crippen molar-refractivity contribution in [2.24, 2.45) is 5.73 Å². The number of fused-ring (bicyclic) bond motifs is 1. The minimum Gasteiger partial charge on any atom is -0.366 e. The summed E-state index contributed by atoms with van der Waals surface area (Å²) in [5.41, 5.74) is 8.08. The monoisotopic (exact) mass is 357 g/mol. The molecular weight excluding hydrogens is 342 g/mol. The maximum atomic E-state index is 12.8. The van der Waals surface area contributed by atoms with Gasteiger partial charge in [-0.15, -0.1) is 0 Å². The Hall–Kier alpha value is -3.87. The molecule has 4 rings (SSSR count). The lowest BCUT2D eigenvalue weighted by Crippen LogP contribution is -2.25. The molecule has 0 saturated carbocycles. The zero-order valence-corrected chi connectivity index (χ0v) is 14.2. The molecule has 0 atom stereocenters. The van der Waals surface area contributed by atoms with Gasteiger partial charge in [0, 0.05) is 35.1 Å². The lowest BCUT2D eigenvalue weighted by atomic mass is 10.1. The first-order chi connectivity index (χ1) is 13.1. The zero-order chi connectivity index (χ0) is 18.8. The summed E-state index contributed by atoms with van der Waals surface area (Å²) in [5, 5.41) is 5.22. The van der Waals surface area contributed by atoms with Crippen molar-refractivity contribution in [2.45, 2.75) is 6.54 Å². The molecule has 0 fully saturated rings. The Balaban J connectivity index is 1.90. The first kappa shape index (κ1) is 16.6. The standard InChI is InChI=1S/C20H15N5O2/c21-19(26)15-5-3-14(4-6-15)17-16-2-1-9-23-18(16)20(27)25(24-17)12-13-7-10-22-11-8-13/h1-11H,12H2,(H2,21,26). The fourth-order valence-corrected chi connectivity index (χ4v) is 2.88. The van der Waals surface area contributed by atoms with Crippen molar-refractivity contribution in [3.8, 4) is 11.3 Å². The van der Waals surface area contributed by atoms with Gasteiger partial charge in [0.15, 0.2) is 0 Å². The summed E-state index contributed by atoms with van der Waals surface area (Å²) in [6.07, 6.45) is 4.92. The number of pyridine rings is 2. The molecule has 3 heterocycles. The van der Waals surface area contributed by atoms with Crippen molar-refractivity contribution in [3.63, 3.8) is 0 Å². The Morgan fingerprint density at radius 2 is 1.74 bits per heavy atom. The highest BCUT2D eigenvalue weighted by Gasteiger charge is 2.14. The highest BCUT2D eigenvalue weighted by Crippen LogP contribution is 2.24. The van der Waals surface area contributed by atoms with E-state index in [1.165, 1.54) is 4.68 Å². The molecule has 7 nitrogen and oxygen atoms in total. The smallest absolute Gasteiger partial charge is 0.293 e. The Morgan fingerprint density at radius 1 is 1.00 bits per heavy atom. The van der Waals surface area contributed by atoms with Crippen molar-refractivity contribution < 1.29 is 4.79 Å². The summed E-state index contributed by atoms with van der Waals surface area (Å²) in [5.74, 6) is -0.497. The number of primary amides is 1. The lowest BCUT2D eigenvalue weighted by Gasteiger charge is -2.11. The molecule has 4 aromatic rings. The van der Waals surface area contributed by atoms with Crippen LogP contribution in [0.2, 0.25) is 0 Å². The van der Waals surface area contributed by atoms with Crippen LogP contribution in [-0.4, -0.2) is 25.7 Å². The fraction of sp³-hybridized carbons (Fsp3) is 0.0500. The molecule has 7 heteroatoms. The molecule has 0 saturated heterocycles. The number of amides is 1. The normalized spacial score (nSPS) is 10.8. The van der Waals surface area contributed by atoms with Crippen LogP contribution in [0.15, 0.2) is 71.9 Å². The number of nitrogens with zero attached hydrogens (tertiary/aromatic N) is 4. The van der Waals surface area contributed by atoms with Gasteiger partial charge >= 0.3 is 0 Å². The number of hydrogen-bond acceptors (Lipinski definition) is 5. The van der Waals surface area contributed by atoms with Gasteiger partial charge in [-0.2, -0.15) is 5.10 Å². The topological polar surface area (TPSA) is 104 Å². The van der Waals surface area contributed by atoms with Gasteiger partial charge in [-0.3, -0.25) is 19.6 Å². The second-order valence-corrected chi connectivity index (χ2v) is 6.01. The first-order valence-corrected chi connectivity index (χ1v) is 8.28. The van der Waals surface area contributed by atoms with E-state index in [0.29, 0.717) is 28.7 Å². The van der Waals surface area contributed by atoms with Crippen molar-refractivity contribution in [2.75, 3.05) is 0 Å². The number of benzene rings is 1. The predicted molar refractivity (Wildman–Crippen MR) is 101 cm³/mol. The number of rotatable bonds is 4. The fourth-order valence-electron chi connectivity index (χ4n) is 2.88. The van der Waals surface area contributed by atoms with E-state index in [1.54, 1.807) is 48.9 Å². The second kappa shape index (κ2) is 6.80. The van der Waals surface area contributed by atoms with Gasteiger partial charge in [0.05, 0.1) is 6.54 Å². The molecule has 1 amide bonds. The third-order valence-electron chi connectivity index (χ3n) is 4.25. The van der Waals surface area contributed by atoms with Crippen LogP contribution >= 0.6 is 0 Å². The van der Waals surface area contributed by atoms with Crippen LogP contribution < -0.4 is 11.3 Å². The van der Waals surface area contributed by atoms with E-state index in [9.17, 15) is 9.59 Å². The lowest BCUT2D eigenvalue weighted by molar-refractivity contribution is 0.100. The second-order valence-electron chi connectivity index (χ2n) is 6.01. The average Bonchev–Trinajstić information content (AvgIpc) is 2.71. The van der Waals surface area contributed by atoms with Gasteiger partial charge in [0.2, 0.25) is 5.91 Å². The number of carbonyl (C=O) groups is 1. The number of carbonyl (C=O) groups excluding carboxylic acids is 1. The highest BCUT2D eigenvalue weighted by atomic mass is 16.1. The van der Waals surface area contributed by atoms with E-state index in [-0.39, 0.29) is 5.56 Å². The molecule has 2 N–H and O–H groups in total. The summed E-state index contributed by atoms with van der Waals surface area (Å²) in [6, 6.07) is 14.0. The molecule has 0 radical (unpaired) electrons. The van der Waals surface area contributed by atoms with E-state index in [4.69, 9.17) is 5.73 Å². The predicted octanol–water partition coefficient (Wildman–Crippen LogP) is 2.00. The van der Waals surface area contributed by atoms with Crippen molar-refractivity contribution in [3.05, 3.63) is 88.6 Å². The van der Waals surface area contributed by atoms with Crippen LogP contribution in [-0.2, 0) is 6.54 Å². The van der Waals surface area contributed by atoms with Crippen molar-refractivity contribution in [1.82, 2.24) is 19.7 Å². The molecular formula is C20H15N5O2. The Morgan fingerprint density at radius 3 is 2.44 bits per heavy atom. The maximum absolute atomic E-state index is 12.8. The minimum atomic E-state index is -0.497. The Labute approximate surface area is 154 Å². The summed E-state index contributed by atoms with van der Waals surface area (Å²) >= 11 is 0. The average molecular weight is 357 g/mol. The molecule has 0 spiro atoms. The molecule has 1 aromatic carbocycles. The van der Waals surface area contributed by atoms with Gasteiger partial charge in [0.1, 0.15) is 11.2 Å². The van der Waals surface area contributed by atoms with E-state index in [2.05, 4.69) is 15.1 Å². The summed E-state index contributed by atoms with van der Waals surface area (Å²) in [7, 11) is 0. The van der Waals surface area contributed by atoms with Gasteiger partial charge in [0.25, 0.3) is 5.56 Å². The third-order valence-corrected chi connectivity index (χ3v) is 4.25. The molecule has 132 valence electrons. The van der Waals surface area contributed by atoms with Crippen LogP contribution in [0.4, 0.5) is 0 Å². The summed E-state index contributed by atoms with van der Waals surface area (Å²) in [4.78, 5) is 32.4. The molecule has 0 unspecified atom stereocenters. The summed E-state index contributed by atoms with van der Waals surface area (Å²) < 4.78 is 1.39. The quantitative estimate of drug-likeness (QED) is 0.602. The van der Waals surface area contributed by atoms with Gasteiger partial charge < -0.3 is 5.73 Å². The van der Waals surface area contributed by atoms with Crippen LogP contribution in [0, 0.1) is 0 Å². The van der Waals surface area contributed by atoms with Crippen molar-refractivity contribution >= 4 is 16.8 Å². The van der Waals surface area contributed by atoms with E-state index >= 15 is 0 Å². The van der Waals surface area contributed by atoms with E-state index < -0.39 is 5.91 Å². The van der Waals surface area contributed by atoms with Crippen LogP contribution in [0.5, 0.6) is 0 Å². The molecule has 0 aliphatic carbocycles. The minimum absolute atomic E-state index is 0.264. The highest BCUT2D eigenvalue weighted by molar-refractivity contribution is 5.95. The largest absolute Gasteiger partial charge is 0.366 e. The van der Waals surface area contributed by atoms with E-state index in [1.807, 2.05) is 18.2 Å². The number of nitrogens with two attached hydrogens (primary N) is 1. The van der Waals surface area contributed by atoms with Crippen LogP contribution in [0.25, 0.3) is 22.2 Å².